The molecule has 0 saturated carbocycles. The van der Waals surface area contributed by atoms with Crippen molar-refractivity contribution < 1.29 is 0 Å². The van der Waals surface area contributed by atoms with Gasteiger partial charge in [0.15, 0.2) is 0 Å². The summed E-state index contributed by atoms with van der Waals surface area (Å²) in [4.78, 5) is 8.43. The van der Waals surface area contributed by atoms with Gasteiger partial charge in [0.05, 0.1) is 16.6 Å². The smallest absolute Gasteiger partial charge is 0.0929 e. The lowest BCUT2D eigenvalue weighted by molar-refractivity contribution is 0.279. The van der Waals surface area contributed by atoms with Crippen LogP contribution in [0.5, 0.6) is 0 Å². The van der Waals surface area contributed by atoms with Crippen molar-refractivity contribution in [1.82, 2.24) is 9.88 Å². The third-order valence-electron chi connectivity index (χ3n) is 3.01. The monoisotopic (exact) mass is 314 g/mol. The predicted molar refractivity (Wildman–Crippen MR) is 85.3 cm³/mol. The number of thiazole rings is 1. The zero-order valence-corrected chi connectivity index (χ0v) is 13.5. The van der Waals surface area contributed by atoms with Crippen LogP contribution in [0, 0.1) is 0 Å². The van der Waals surface area contributed by atoms with Gasteiger partial charge in [-0.1, -0.05) is 13.0 Å². The molecular weight excluding hydrogens is 296 g/mol. The van der Waals surface area contributed by atoms with Crippen LogP contribution in [0.2, 0.25) is 0 Å². The van der Waals surface area contributed by atoms with Crippen molar-refractivity contribution in [3.8, 4) is 0 Å². The molecule has 0 bridgehead atoms. The van der Waals surface area contributed by atoms with Gasteiger partial charge in [-0.05, 0) is 31.0 Å². The average molecular weight is 315 g/mol. The van der Waals surface area contributed by atoms with E-state index >= 15 is 0 Å². The number of rotatable bonds is 8. The lowest BCUT2D eigenvalue weighted by Gasteiger charge is -2.19. The van der Waals surface area contributed by atoms with Gasteiger partial charge in [-0.15, -0.1) is 34.3 Å². The van der Waals surface area contributed by atoms with Crippen LogP contribution in [-0.4, -0.2) is 23.0 Å². The van der Waals surface area contributed by atoms with Gasteiger partial charge in [0.1, 0.15) is 0 Å². The van der Waals surface area contributed by atoms with Crippen LogP contribution in [0.25, 0.3) is 0 Å². The predicted octanol–water partition coefficient (Wildman–Crippen LogP) is 4.40. The van der Waals surface area contributed by atoms with Crippen molar-refractivity contribution in [1.29, 1.82) is 0 Å². The molecule has 5 heteroatoms. The molecule has 2 aromatic rings. The minimum atomic E-state index is 0.524. The highest BCUT2D eigenvalue weighted by molar-refractivity contribution is 7.10. The molecule has 0 N–H and O–H groups in total. The van der Waals surface area contributed by atoms with Crippen molar-refractivity contribution in [3.63, 3.8) is 0 Å². The summed E-state index contributed by atoms with van der Waals surface area (Å²) in [5.74, 6) is 0.524. The minimum Gasteiger partial charge on any atom is -0.299 e. The Kier molecular flexibility index (Phi) is 6.31. The van der Waals surface area contributed by atoms with E-state index in [2.05, 4.69) is 39.7 Å². The second kappa shape index (κ2) is 8.00. The summed E-state index contributed by atoms with van der Waals surface area (Å²) in [5, 5.41) is 5.42. The first-order chi connectivity index (χ1) is 9.31. The van der Waals surface area contributed by atoms with E-state index in [-0.39, 0.29) is 0 Å². The van der Waals surface area contributed by atoms with Crippen LogP contribution in [0.4, 0.5) is 0 Å². The molecule has 2 aromatic heterocycles. The van der Waals surface area contributed by atoms with Gasteiger partial charge in [0.25, 0.3) is 0 Å². The molecule has 0 atom stereocenters. The second-order valence-electron chi connectivity index (χ2n) is 4.42. The zero-order chi connectivity index (χ0) is 13.5. The molecule has 2 nitrogen and oxygen atoms in total. The van der Waals surface area contributed by atoms with Gasteiger partial charge in [0.2, 0.25) is 0 Å². The summed E-state index contributed by atoms with van der Waals surface area (Å²) >= 11 is 9.33. The highest BCUT2D eigenvalue weighted by atomic mass is 35.5. The van der Waals surface area contributed by atoms with Crippen molar-refractivity contribution in [2.45, 2.75) is 32.2 Å². The van der Waals surface area contributed by atoms with Crippen LogP contribution < -0.4 is 0 Å². The molecular formula is C14H19ClN2S2. The summed E-state index contributed by atoms with van der Waals surface area (Å²) in [6.45, 7) is 5.52. The molecule has 0 aliphatic carbocycles. The normalized spacial score (nSPS) is 11.3. The van der Waals surface area contributed by atoms with E-state index in [4.69, 9.17) is 11.6 Å². The van der Waals surface area contributed by atoms with E-state index in [0.717, 1.165) is 38.2 Å². The van der Waals surface area contributed by atoms with Gasteiger partial charge in [-0.25, -0.2) is 4.98 Å². The van der Waals surface area contributed by atoms with E-state index in [1.54, 1.807) is 11.3 Å². The van der Waals surface area contributed by atoms with E-state index in [9.17, 15) is 0 Å². The van der Waals surface area contributed by atoms with Gasteiger partial charge in [-0.3, -0.25) is 4.90 Å². The largest absolute Gasteiger partial charge is 0.299 e. The van der Waals surface area contributed by atoms with Crippen LogP contribution in [0.3, 0.4) is 0 Å². The average Bonchev–Trinajstić information content (AvgIpc) is 3.08. The Hall–Kier alpha value is -0.420. The van der Waals surface area contributed by atoms with Crippen LogP contribution in [0.15, 0.2) is 22.9 Å². The molecule has 19 heavy (non-hydrogen) atoms. The highest BCUT2D eigenvalue weighted by Crippen LogP contribution is 2.15. The summed E-state index contributed by atoms with van der Waals surface area (Å²) in [7, 11) is 0. The fraction of sp³-hybridized carbons (Fsp3) is 0.500. The van der Waals surface area contributed by atoms with Gasteiger partial charge < -0.3 is 0 Å². The number of nitrogens with zero attached hydrogens (tertiary/aromatic N) is 2. The fourth-order valence-corrected chi connectivity index (χ4v) is 3.77. The number of aromatic nitrogens is 1. The van der Waals surface area contributed by atoms with E-state index in [1.165, 1.54) is 9.88 Å². The molecule has 0 amide bonds. The van der Waals surface area contributed by atoms with Crippen molar-refractivity contribution in [2.24, 2.45) is 0 Å². The summed E-state index contributed by atoms with van der Waals surface area (Å²) in [6.07, 6.45) is 2.22. The number of halogens is 1. The van der Waals surface area contributed by atoms with Gasteiger partial charge in [-0.2, -0.15) is 0 Å². The molecule has 2 heterocycles. The Bertz CT molecular complexity index is 468. The number of alkyl halides is 1. The highest BCUT2D eigenvalue weighted by Gasteiger charge is 2.06. The molecule has 0 saturated heterocycles. The first-order valence-corrected chi connectivity index (χ1v) is 8.85. The zero-order valence-electron chi connectivity index (χ0n) is 11.1. The molecule has 104 valence electrons. The first-order valence-electron chi connectivity index (χ1n) is 6.55. The number of thiophene rings is 1. The molecule has 0 unspecified atom stereocenters. The maximum atomic E-state index is 5.76. The summed E-state index contributed by atoms with van der Waals surface area (Å²) in [5.41, 5.74) is 1.01. The topological polar surface area (TPSA) is 16.1 Å². The SMILES string of the molecule is CCN(CCCc1nc(CCl)cs1)Cc1cccs1. The standard InChI is InChI=1S/C14H19ClN2S2/c1-2-17(10-13-5-4-8-18-13)7-3-6-14-16-12(9-15)11-19-14/h4-5,8,11H,2-3,6-7,9-10H2,1H3. The Labute approximate surface area is 128 Å². The Balaban J connectivity index is 1.73. The van der Waals surface area contributed by atoms with Crippen molar-refractivity contribution >= 4 is 34.3 Å². The molecule has 0 spiro atoms. The third-order valence-corrected chi connectivity index (χ3v) is 5.10. The van der Waals surface area contributed by atoms with Crippen molar-refractivity contribution in [3.05, 3.63) is 38.5 Å². The number of hydrogen-bond acceptors (Lipinski definition) is 4. The number of aryl methyl sites for hydroxylation is 1. The third kappa shape index (κ3) is 4.88. The van der Waals surface area contributed by atoms with E-state index < -0.39 is 0 Å². The van der Waals surface area contributed by atoms with Crippen LogP contribution in [-0.2, 0) is 18.8 Å². The molecule has 0 radical (unpaired) electrons. The van der Waals surface area contributed by atoms with Crippen molar-refractivity contribution in [2.75, 3.05) is 13.1 Å². The molecule has 0 aliphatic rings. The van der Waals surface area contributed by atoms with Crippen LogP contribution in [0.1, 0.15) is 28.9 Å². The van der Waals surface area contributed by atoms with Crippen LogP contribution >= 0.6 is 34.3 Å². The first kappa shape index (κ1) is 15.0. The van der Waals surface area contributed by atoms with E-state index in [1.807, 2.05) is 11.3 Å². The maximum Gasteiger partial charge on any atom is 0.0929 e. The summed E-state index contributed by atoms with van der Waals surface area (Å²) in [6, 6.07) is 4.33. The molecule has 2 rings (SSSR count). The molecule has 0 aliphatic heterocycles. The van der Waals surface area contributed by atoms with Gasteiger partial charge >= 0.3 is 0 Å². The van der Waals surface area contributed by atoms with Gasteiger partial charge in [0, 0.05) is 23.2 Å². The number of hydrogen-bond donors (Lipinski definition) is 0. The Morgan fingerprint density at radius 1 is 1.37 bits per heavy atom. The molecule has 0 fully saturated rings. The van der Waals surface area contributed by atoms with E-state index in [0.29, 0.717) is 5.88 Å². The minimum absolute atomic E-state index is 0.524. The fourth-order valence-electron chi connectivity index (χ4n) is 1.95. The lowest BCUT2D eigenvalue weighted by atomic mass is 10.3. The summed E-state index contributed by atoms with van der Waals surface area (Å²) < 4.78 is 0. The Morgan fingerprint density at radius 3 is 2.89 bits per heavy atom. The lowest BCUT2D eigenvalue weighted by Crippen LogP contribution is -2.23. The quantitative estimate of drug-likeness (QED) is 0.671. The second-order valence-corrected chi connectivity index (χ2v) is 6.66. The maximum absolute atomic E-state index is 5.76. The molecule has 0 aromatic carbocycles. The Morgan fingerprint density at radius 2 is 2.26 bits per heavy atom.